The Morgan fingerprint density at radius 2 is 1.50 bits per heavy atom. The van der Waals surface area contributed by atoms with Crippen molar-refractivity contribution >= 4 is 17.8 Å². The predicted octanol–water partition coefficient (Wildman–Crippen LogP) is 3.68. The molecule has 2 nitrogen and oxygen atoms in total. The summed E-state index contributed by atoms with van der Waals surface area (Å²) in [5, 5.41) is 9.04. The fourth-order valence-electron chi connectivity index (χ4n) is 2.14. The first kappa shape index (κ1) is 14.4. The molecule has 0 saturated heterocycles. The molecule has 0 fully saturated rings. The van der Waals surface area contributed by atoms with Crippen molar-refractivity contribution in [2.75, 3.05) is 24.6 Å². The lowest BCUT2D eigenvalue weighted by Gasteiger charge is -2.21. The molecule has 0 spiro atoms. The van der Waals surface area contributed by atoms with Gasteiger partial charge in [0.05, 0.1) is 6.61 Å². The number of anilines is 1. The maximum absolute atomic E-state index is 9.04. The molecule has 0 radical (unpaired) electrons. The van der Waals surface area contributed by atoms with Gasteiger partial charge in [-0.15, -0.1) is 0 Å². The van der Waals surface area contributed by atoms with Crippen molar-refractivity contribution in [3.63, 3.8) is 0 Å². The maximum Gasteiger partial charge on any atom is 0.0606 e. The zero-order valence-corrected chi connectivity index (χ0v) is 11.9. The maximum atomic E-state index is 9.04. The summed E-state index contributed by atoms with van der Waals surface area (Å²) in [5.74, 6) is 0. The van der Waals surface area contributed by atoms with Crippen molar-refractivity contribution in [2.45, 2.75) is 6.92 Å². The Morgan fingerprint density at radius 1 is 0.900 bits per heavy atom. The molecular formula is C18H21NO. The summed E-state index contributed by atoms with van der Waals surface area (Å²) in [4.78, 5) is 2.16. The van der Waals surface area contributed by atoms with Gasteiger partial charge in [-0.2, -0.15) is 0 Å². The Balaban J connectivity index is 2.06. The average Bonchev–Trinajstić information content (AvgIpc) is 2.52. The van der Waals surface area contributed by atoms with Gasteiger partial charge in [0, 0.05) is 18.8 Å². The summed E-state index contributed by atoms with van der Waals surface area (Å²) in [6, 6.07) is 18.7. The molecule has 1 N–H and O–H groups in total. The third kappa shape index (κ3) is 3.97. The van der Waals surface area contributed by atoms with Gasteiger partial charge in [0.15, 0.2) is 0 Å². The van der Waals surface area contributed by atoms with E-state index in [0.29, 0.717) is 6.54 Å². The molecule has 0 heterocycles. The number of nitrogens with zero attached hydrogens (tertiary/aromatic N) is 1. The summed E-state index contributed by atoms with van der Waals surface area (Å²) in [5.41, 5.74) is 3.53. The fourth-order valence-corrected chi connectivity index (χ4v) is 2.14. The van der Waals surface area contributed by atoms with E-state index in [2.05, 4.69) is 60.4 Å². The highest BCUT2D eigenvalue weighted by atomic mass is 16.3. The van der Waals surface area contributed by atoms with E-state index in [9.17, 15) is 0 Å². The third-order valence-electron chi connectivity index (χ3n) is 3.28. The number of aliphatic hydroxyl groups is 1. The van der Waals surface area contributed by atoms with Crippen molar-refractivity contribution in [3.05, 3.63) is 65.7 Å². The Bertz CT molecular complexity index is 531. The van der Waals surface area contributed by atoms with Crippen molar-refractivity contribution in [3.8, 4) is 0 Å². The molecule has 2 rings (SSSR count). The van der Waals surface area contributed by atoms with Gasteiger partial charge in [-0.1, -0.05) is 54.6 Å². The van der Waals surface area contributed by atoms with Crippen molar-refractivity contribution in [2.24, 2.45) is 0 Å². The monoisotopic (exact) mass is 267 g/mol. The Kier molecular flexibility index (Phi) is 5.39. The number of benzene rings is 2. The van der Waals surface area contributed by atoms with Crippen LogP contribution in [0.2, 0.25) is 0 Å². The van der Waals surface area contributed by atoms with E-state index >= 15 is 0 Å². The number of hydrogen-bond acceptors (Lipinski definition) is 2. The number of likely N-dealkylation sites (N-methyl/N-ethyl adjacent to an activating group) is 1. The van der Waals surface area contributed by atoms with Crippen LogP contribution in [0, 0.1) is 0 Å². The minimum atomic E-state index is 0.184. The number of aliphatic hydroxyl groups excluding tert-OH is 1. The topological polar surface area (TPSA) is 23.5 Å². The van der Waals surface area contributed by atoms with Crippen LogP contribution in [-0.2, 0) is 0 Å². The summed E-state index contributed by atoms with van der Waals surface area (Å²) in [6.07, 6.45) is 4.22. The van der Waals surface area contributed by atoms with Gasteiger partial charge in [0.2, 0.25) is 0 Å². The van der Waals surface area contributed by atoms with Crippen molar-refractivity contribution in [1.29, 1.82) is 0 Å². The normalized spacial score (nSPS) is 10.9. The lowest BCUT2D eigenvalue weighted by molar-refractivity contribution is 0.302. The number of rotatable bonds is 6. The van der Waals surface area contributed by atoms with Crippen LogP contribution in [0.25, 0.3) is 12.2 Å². The molecule has 2 heteroatoms. The van der Waals surface area contributed by atoms with Crippen LogP contribution in [0.1, 0.15) is 18.1 Å². The molecule has 104 valence electrons. The zero-order chi connectivity index (χ0) is 14.2. The van der Waals surface area contributed by atoms with Crippen LogP contribution < -0.4 is 4.90 Å². The van der Waals surface area contributed by atoms with Crippen molar-refractivity contribution < 1.29 is 5.11 Å². The molecule has 0 saturated carbocycles. The molecule has 0 atom stereocenters. The van der Waals surface area contributed by atoms with Gasteiger partial charge in [-0.3, -0.25) is 0 Å². The summed E-state index contributed by atoms with van der Waals surface area (Å²) in [6.45, 7) is 3.86. The van der Waals surface area contributed by atoms with Gasteiger partial charge in [-0.05, 0) is 30.2 Å². The first-order valence-corrected chi connectivity index (χ1v) is 7.02. The average molecular weight is 267 g/mol. The zero-order valence-electron chi connectivity index (χ0n) is 11.9. The molecule has 20 heavy (non-hydrogen) atoms. The van der Waals surface area contributed by atoms with Crippen LogP contribution in [0.5, 0.6) is 0 Å². The highest BCUT2D eigenvalue weighted by Gasteiger charge is 2.02. The SMILES string of the molecule is CCN(CCO)c1ccc(C=Cc2ccccc2)cc1. The summed E-state index contributed by atoms with van der Waals surface area (Å²) >= 11 is 0. The smallest absolute Gasteiger partial charge is 0.0606 e. The first-order valence-electron chi connectivity index (χ1n) is 7.02. The van der Waals surface area contributed by atoms with Crippen LogP contribution in [0.15, 0.2) is 54.6 Å². The van der Waals surface area contributed by atoms with E-state index in [1.807, 2.05) is 18.2 Å². The molecule has 0 bridgehead atoms. The van der Waals surface area contributed by atoms with E-state index in [4.69, 9.17) is 5.11 Å². The summed E-state index contributed by atoms with van der Waals surface area (Å²) < 4.78 is 0. The molecule has 2 aromatic rings. The molecule has 0 aliphatic carbocycles. The quantitative estimate of drug-likeness (QED) is 0.807. The predicted molar refractivity (Wildman–Crippen MR) is 86.8 cm³/mol. The second-order valence-corrected chi connectivity index (χ2v) is 4.64. The van der Waals surface area contributed by atoms with Crippen molar-refractivity contribution in [1.82, 2.24) is 0 Å². The van der Waals surface area contributed by atoms with E-state index in [0.717, 1.165) is 12.2 Å². The summed E-state index contributed by atoms with van der Waals surface area (Å²) in [7, 11) is 0. The highest BCUT2D eigenvalue weighted by Crippen LogP contribution is 2.16. The van der Waals surface area contributed by atoms with E-state index in [1.54, 1.807) is 0 Å². The Hall–Kier alpha value is -2.06. The minimum absolute atomic E-state index is 0.184. The second-order valence-electron chi connectivity index (χ2n) is 4.64. The molecule has 0 amide bonds. The van der Waals surface area contributed by atoms with Crippen LogP contribution in [0.4, 0.5) is 5.69 Å². The molecule has 0 aromatic heterocycles. The second kappa shape index (κ2) is 7.51. The molecular weight excluding hydrogens is 246 g/mol. The molecule has 0 aliphatic heterocycles. The molecule has 0 unspecified atom stereocenters. The van der Waals surface area contributed by atoms with Gasteiger partial charge in [-0.25, -0.2) is 0 Å². The van der Waals surface area contributed by atoms with E-state index in [1.165, 1.54) is 11.1 Å². The molecule has 2 aromatic carbocycles. The van der Waals surface area contributed by atoms with Crippen LogP contribution >= 0.6 is 0 Å². The Labute approximate surface area is 121 Å². The first-order chi connectivity index (χ1) is 9.83. The Morgan fingerprint density at radius 3 is 2.05 bits per heavy atom. The van der Waals surface area contributed by atoms with Gasteiger partial charge >= 0.3 is 0 Å². The van der Waals surface area contributed by atoms with Gasteiger partial charge < -0.3 is 10.0 Å². The van der Waals surface area contributed by atoms with Crippen LogP contribution in [-0.4, -0.2) is 24.8 Å². The number of hydrogen-bond donors (Lipinski definition) is 1. The van der Waals surface area contributed by atoms with Gasteiger partial charge in [0.1, 0.15) is 0 Å². The largest absolute Gasteiger partial charge is 0.395 e. The van der Waals surface area contributed by atoms with Crippen LogP contribution in [0.3, 0.4) is 0 Å². The van der Waals surface area contributed by atoms with Gasteiger partial charge in [0.25, 0.3) is 0 Å². The standard InChI is InChI=1S/C18H21NO/c1-2-19(14-15-20)18-12-10-17(11-13-18)9-8-16-6-4-3-5-7-16/h3-13,20H,2,14-15H2,1H3. The van der Waals surface area contributed by atoms with E-state index < -0.39 is 0 Å². The van der Waals surface area contributed by atoms with E-state index in [-0.39, 0.29) is 6.61 Å². The third-order valence-corrected chi connectivity index (χ3v) is 3.28. The molecule has 0 aliphatic rings. The lowest BCUT2D eigenvalue weighted by Crippen LogP contribution is -2.25. The highest BCUT2D eigenvalue weighted by molar-refractivity contribution is 5.70. The fraction of sp³-hybridized carbons (Fsp3) is 0.222. The minimum Gasteiger partial charge on any atom is -0.395 e. The lowest BCUT2D eigenvalue weighted by atomic mass is 10.1.